The molecule has 0 amide bonds. The van der Waals surface area contributed by atoms with Gasteiger partial charge in [-0.3, -0.25) is 0 Å². The van der Waals surface area contributed by atoms with E-state index in [1.165, 1.54) is 24.3 Å². The Morgan fingerprint density at radius 3 is 2.38 bits per heavy atom. The average molecular weight is 376 g/mol. The van der Waals surface area contributed by atoms with Gasteiger partial charge in [0.15, 0.2) is 0 Å². The Morgan fingerprint density at radius 1 is 1.10 bits per heavy atom. The summed E-state index contributed by atoms with van der Waals surface area (Å²) in [5, 5.41) is 11.8. The van der Waals surface area contributed by atoms with E-state index in [0.717, 1.165) is 12.1 Å². The maximum atomic E-state index is 12.7. The molecule has 2 aromatic carbocycles. The predicted molar refractivity (Wildman–Crippen MR) is 78.6 cm³/mol. The third kappa shape index (κ3) is 3.69. The van der Waals surface area contributed by atoms with Crippen LogP contribution in [0.2, 0.25) is 5.02 Å². The molecule has 0 aromatic heterocycles. The molecule has 21 heavy (non-hydrogen) atoms. The standard InChI is InChI=1S/C14H7BrClF3N2/c15-10-3-2-9(14(17,18)19)6-13(10)21-12-4-1-8(7-20)5-11(12)16/h1-6,21H. The summed E-state index contributed by atoms with van der Waals surface area (Å²) in [5.74, 6) is 0. The highest BCUT2D eigenvalue weighted by atomic mass is 79.9. The van der Waals surface area contributed by atoms with Crippen LogP contribution in [-0.4, -0.2) is 0 Å². The van der Waals surface area contributed by atoms with Crippen molar-refractivity contribution in [3.05, 3.63) is 57.0 Å². The molecule has 2 aromatic rings. The first kappa shape index (κ1) is 15.7. The van der Waals surface area contributed by atoms with Gasteiger partial charge in [-0.1, -0.05) is 11.6 Å². The van der Waals surface area contributed by atoms with Gasteiger partial charge in [0.05, 0.1) is 33.6 Å². The number of benzene rings is 2. The Bertz CT molecular complexity index is 723. The Balaban J connectivity index is 2.38. The molecule has 0 heterocycles. The molecule has 0 aliphatic rings. The van der Waals surface area contributed by atoms with Crippen molar-refractivity contribution in [1.82, 2.24) is 0 Å². The fraction of sp³-hybridized carbons (Fsp3) is 0.0714. The van der Waals surface area contributed by atoms with Crippen molar-refractivity contribution in [2.24, 2.45) is 0 Å². The summed E-state index contributed by atoms with van der Waals surface area (Å²) in [6.07, 6.45) is -4.43. The lowest BCUT2D eigenvalue weighted by atomic mass is 10.1. The summed E-state index contributed by atoms with van der Waals surface area (Å²) in [6.45, 7) is 0. The zero-order valence-corrected chi connectivity index (χ0v) is 12.6. The van der Waals surface area contributed by atoms with Gasteiger partial charge in [-0.25, -0.2) is 0 Å². The van der Waals surface area contributed by atoms with Crippen molar-refractivity contribution in [2.75, 3.05) is 5.32 Å². The number of nitrogens with one attached hydrogen (secondary N) is 1. The molecule has 108 valence electrons. The molecule has 0 fully saturated rings. The van der Waals surface area contributed by atoms with Crippen LogP contribution < -0.4 is 5.32 Å². The molecular formula is C14H7BrClF3N2. The zero-order chi connectivity index (χ0) is 15.6. The second-order valence-electron chi connectivity index (χ2n) is 4.12. The van der Waals surface area contributed by atoms with E-state index in [1.807, 2.05) is 6.07 Å². The fourth-order valence-corrected chi connectivity index (χ4v) is 2.20. The van der Waals surface area contributed by atoms with E-state index in [-0.39, 0.29) is 10.7 Å². The number of hydrogen-bond acceptors (Lipinski definition) is 2. The minimum Gasteiger partial charge on any atom is -0.353 e. The number of halogens is 5. The van der Waals surface area contributed by atoms with Crippen LogP contribution in [0.1, 0.15) is 11.1 Å². The van der Waals surface area contributed by atoms with Gasteiger partial charge in [-0.2, -0.15) is 18.4 Å². The molecule has 7 heteroatoms. The summed E-state index contributed by atoms with van der Waals surface area (Å²) >= 11 is 9.17. The first-order valence-electron chi connectivity index (χ1n) is 5.64. The molecule has 0 unspecified atom stereocenters. The molecule has 2 rings (SSSR count). The van der Waals surface area contributed by atoms with Crippen molar-refractivity contribution in [3.63, 3.8) is 0 Å². The van der Waals surface area contributed by atoms with Crippen LogP contribution in [0.15, 0.2) is 40.9 Å². The number of rotatable bonds is 2. The summed E-state index contributed by atoms with van der Waals surface area (Å²) in [4.78, 5) is 0. The lowest BCUT2D eigenvalue weighted by Crippen LogP contribution is -2.05. The zero-order valence-electron chi connectivity index (χ0n) is 10.3. The Kier molecular flexibility index (Phi) is 4.45. The van der Waals surface area contributed by atoms with Crippen LogP contribution >= 0.6 is 27.5 Å². The largest absolute Gasteiger partial charge is 0.416 e. The number of anilines is 2. The molecule has 0 spiro atoms. The van der Waals surface area contributed by atoms with E-state index in [0.29, 0.717) is 15.7 Å². The highest BCUT2D eigenvalue weighted by molar-refractivity contribution is 9.10. The van der Waals surface area contributed by atoms with Crippen molar-refractivity contribution < 1.29 is 13.2 Å². The first-order valence-corrected chi connectivity index (χ1v) is 6.82. The number of alkyl halides is 3. The molecular weight excluding hydrogens is 369 g/mol. The first-order chi connectivity index (χ1) is 9.81. The maximum absolute atomic E-state index is 12.7. The lowest BCUT2D eigenvalue weighted by Gasteiger charge is -2.13. The number of nitrogens with zero attached hydrogens (tertiary/aromatic N) is 1. The number of hydrogen-bond donors (Lipinski definition) is 1. The molecule has 2 nitrogen and oxygen atoms in total. The molecule has 0 atom stereocenters. The highest BCUT2D eigenvalue weighted by Crippen LogP contribution is 2.36. The van der Waals surface area contributed by atoms with Crippen molar-refractivity contribution in [3.8, 4) is 6.07 Å². The van der Waals surface area contributed by atoms with Crippen LogP contribution in [0, 0.1) is 11.3 Å². The molecule has 0 saturated heterocycles. The van der Waals surface area contributed by atoms with Gasteiger partial charge >= 0.3 is 6.18 Å². The Hall–Kier alpha value is -1.71. The molecule has 0 aliphatic heterocycles. The van der Waals surface area contributed by atoms with Gasteiger partial charge < -0.3 is 5.32 Å². The quantitative estimate of drug-likeness (QED) is 0.727. The lowest BCUT2D eigenvalue weighted by molar-refractivity contribution is -0.137. The van der Waals surface area contributed by atoms with Gasteiger partial charge in [0.1, 0.15) is 0 Å². The van der Waals surface area contributed by atoms with Gasteiger partial charge in [-0.15, -0.1) is 0 Å². The van der Waals surface area contributed by atoms with Crippen LogP contribution in [0.25, 0.3) is 0 Å². The Labute approximate surface area is 132 Å². The Morgan fingerprint density at radius 2 is 1.81 bits per heavy atom. The predicted octanol–water partition coefficient (Wildman–Crippen LogP) is 5.74. The van der Waals surface area contributed by atoms with Crippen molar-refractivity contribution in [2.45, 2.75) is 6.18 Å². The number of nitriles is 1. The molecule has 1 N–H and O–H groups in total. The second-order valence-corrected chi connectivity index (χ2v) is 5.39. The summed E-state index contributed by atoms with van der Waals surface area (Å²) in [7, 11) is 0. The summed E-state index contributed by atoms with van der Waals surface area (Å²) in [6, 6.07) is 9.70. The van der Waals surface area contributed by atoms with Crippen LogP contribution in [-0.2, 0) is 6.18 Å². The summed E-state index contributed by atoms with van der Waals surface area (Å²) < 4.78 is 38.6. The SMILES string of the molecule is N#Cc1ccc(Nc2cc(C(F)(F)F)ccc2Br)c(Cl)c1. The van der Waals surface area contributed by atoms with E-state index in [2.05, 4.69) is 21.2 Å². The maximum Gasteiger partial charge on any atom is 0.416 e. The topological polar surface area (TPSA) is 35.8 Å². The average Bonchev–Trinajstić information content (AvgIpc) is 2.42. The minimum atomic E-state index is -4.43. The van der Waals surface area contributed by atoms with E-state index in [1.54, 1.807) is 0 Å². The van der Waals surface area contributed by atoms with Crippen molar-refractivity contribution >= 4 is 38.9 Å². The molecule has 0 saturated carbocycles. The van der Waals surface area contributed by atoms with Gasteiger partial charge in [0, 0.05) is 4.47 Å². The van der Waals surface area contributed by atoms with Crippen molar-refractivity contribution in [1.29, 1.82) is 5.26 Å². The second kappa shape index (κ2) is 5.96. The smallest absolute Gasteiger partial charge is 0.353 e. The van der Waals surface area contributed by atoms with Crippen LogP contribution in [0.4, 0.5) is 24.5 Å². The van der Waals surface area contributed by atoms with E-state index < -0.39 is 11.7 Å². The monoisotopic (exact) mass is 374 g/mol. The van der Waals surface area contributed by atoms with Gasteiger partial charge in [0.25, 0.3) is 0 Å². The summed E-state index contributed by atoms with van der Waals surface area (Å²) in [5.41, 5.74) is 0.249. The van der Waals surface area contributed by atoms with Crippen LogP contribution in [0.5, 0.6) is 0 Å². The molecule has 0 radical (unpaired) electrons. The van der Waals surface area contributed by atoms with Crippen LogP contribution in [0.3, 0.4) is 0 Å². The van der Waals surface area contributed by atoms with Gasteiger partial charge in [-0.05, 0) is 52.3 Å². The highest BCUT2D eigenvalue weighted by Gasteiger charge is 2.30. The fourth-order valence-electron chi connectivity index (χ4n) is 1.63. The van der Waals surface area contributed by atoms with Gasteiger partial charge in [0.2, 0.25) is 0 Å². The van der Waals surface area contributed by atoms with E-state index >= 15 is 0 Å². The minimum absolute atomic E-state index is 0.233. The van der Waals surface area contributed by atoms with E-state index in [9.17, 15) is 13.2 Å². The van der Waals surface area contributed by atoms with E-state index in [4.69, 9.17) is 16.9 Å². The normalized spacial score (nSPS) is 11.0. The third-order valence-electron chi connectivity index (χ3n) is 2.66. The molecule has 0 bridgehead atoms. The molecule has 0 aliphatic carbocycles. The third-order valence-corrected chi connectivity index (χ3v) is 3.67.